The third kappa shape index (κ3) is 6.31. The van der Waals surface area contributed by atoms with Crippen molar-refractivity contribution in [3.63, 3.8) is 0 Å². The van der Waals surface area contributed by atoms with Crippen molar-refractivity contribution in [1.29, 1.82) is 0 Å². The van der Waals surface area contributed by atoms with E-state index in [0.717, 1.165) is 57.6 Å². The van der Waals surface area contributed by atoms with E-state index in [0.29, 0.717) is 17.4 Å². The fourth-order valence-electron chi connectivity index (χ4n) is 6.87. The second-order valence-electron chi connectivity index (χ2n) is 11.8. The first kappa shape index (κ1) is 28.3. The minimum Gasteiger partial charge on any atom is -0.465 e. The van der Waals surface area contributed by atoms with Crippen LogP contribution in [0.5, 0.6) is 11.5 Å². The van der Waals surface area contributed by atoms with Crippen molar-refractivity contribution in [2.24, 2.45) is 0 Å². The number of hydrogen-bond donors (Lipinski definition) is 0. The molecule has 42 heavy (non-hydrogen) atoms. The van der Waals surface area contributed by atoms with E-state index >= 15 is 0 Å². The standard InChI is InChI=1S/C35H41N3O4/c1-41-34(39)28-14-18-32(19-15-28)42-31-16-12-26(13-17-31)24-36-22-20-30(21-23-36)38-33(27-8-4-2-5-9-27)25-37(35(38)40)29-10-6-3-7-11-29/h2,4-5,8-9,12-19,29-30,33H,3,6-7,10-11,20-25H2,1H3/t33-/m0/s1. The average molecular weight is 568 g/mol. The number of carbonyl (C=O) groups excluding carboxylic acids is 2. The van der Waals surface area contributed by atoms with Crippen LogP contribution >= 0.6 is 0 Å². The first-order valence-corrected chi connectivity index (χ1v) is 15.4. The molecule has 1 aliphatic carbocycles. The molecule has 1 saturated carbocycles. The Balaban J connectivity index is 1.05. The van der Waals surface area contributed by atoms with Crippen molar-refractivity contribution >= 4 is 12.0 Å². The van der Waals surface area contributed by atoms with Crippen LogP contribution in [0.25, 0.3) is 0 Å². The largest absolute Gasteiger partial charge is 0.465 e. The van der Waals surface area contributed by atoms with Gasteiger partial charge in [0.2, 0.25) is 0 Å². The normalized spacial score (nSPS) is 20.6. The molecule has 2 saturated heterocycles. The van der Waals surface area contributed by atoms with Gasteiger partial charge in [0.05, 0.1) is 18.7 Å². The van der Waals surface area contributed by atoms with Gasteiger partial charge in [-0.15, -0.1) is 0 Å². The van der Waals surface area contributed by atoms with Gasteiger partial charge in [-0.2, -0.15) is 0 Å². The lowest BCUT2D eigenvalue weighted by atomic mass is 9.94. The first-order chi connectivity index (χ1) is 20.6. The van der Waals surface area contributed by atoms with Crippen LogP contribution in [0, 0.1) is 0 Å². The Kier molecular flexibility index (Phi) is 8.75. The van der Waals surface area contributed by atoms with Gasteiger partial charge >= 0.3 is 12.0 Å². The number of urea groups is 1. The van der Waals surface area contributed by atoms with Crippen LogP contribution < -0.4 is 4.74 Å². The number of rotatable bonds is 8. The number of methoxy groups -OCH3 is 1. The van der Waals surface area contributed by atoms with Gasteiger partial charge in [0, 0.05) is 38.3 Å². The lowest BCUT2D eigenvalue weighted by molar-refractivity contribution is 0.0600. The highest BCUT2D eigenvalue weighted by molar-refractivity contribution is 5.89. The van der Waals surface area contributed by atoms with Crippen LogP contribution in [-0.2, 0) is 11.3 Å². The third-order valence-corrected chi connectivity index (χ3v) is 9.16. The van der Waals surface area contributed by atoms with Gasteiger partial charge < -0.3 is 19.3 Å². The summed E-state index contributed by atoms with van der Waals surface area (Å²) in [5.41, 5.74) is 2.99. The molecule has 1 atom stereocenters. The fourth-order valence-corrected chi connectivity index (χ4v) is 6.87. The summed E-state index contributed by atoms with van der Waals surface area (Å²) < 4.78 is 10.7. The molecule has 220 valence electrons. The van der Waals surface area contributed by atoms with Crippen molar-refractivity contribution in [1.82, 2.24) is 14.7 Å². The minimum atomic E-state index is -0.362. The smallest absolute Gasteiger partial charge is 0.337 e. The zero-order valence-corrected chi connectivity index (χ0v) is 24.5. The second kappa shape index (κ2) is 13.0. The Morgan fingerprint density at radius 3 is 2.07 bits per heavy atom. The molecule has 2 heterocycles. The van der Waals surface area contributed by atoms with Gasteiger partial charge in [0.1, 0.15) is 11.5 Å². The molecule has 2 aliphatic heterocycles. The maximum absolute atomic E-state index is 13.9. The molecule has 0 bridgehead atoms. The Morgan fingerprint density at radius 1 is 0.786 bits per heavy atom. The predicted octanol–water partition coefficient (Wildman–Crippen LogP) is 7.04. The summed E-state index contributed by atoms with van der Waals surface area (Å²) in [6, 6.07) is 26.8. The van der Waals surface area contributed by atoms with E-state index in [1.54, 1.807) is 24.3 Å². The molecule has 2 amide bonds. The number of esters is 1. The molecule has 0 N–H and O–H groups in total. The number of hydrogen-bond acceptors (Lipinski definition) is 5. The second-order valence-corrected chi connectivity index (χ2v) is 11.8. The number of carbonyl (C=O) groups is 2. The molecule has 3 aromatic carbocycles. The molecule has 7 heteroatoms. The van der Waals surface area contributed by atoms with E-state index in [1.807, 2.05) is 12.1 Å². The summed E-state index contributed by atoms with van der Waals surface area (Å²) in [4.78, 5) is 32.5. The quantitative estimate of drug-likeness (QED) is 0.273. The molecule has 0 unspecified atom stereocenters. The molecular formula is C35H41N3O4. The van der Waals surface area contributed by atoms with E-state index in [1.165, 1.54) is 37.5 Å². The van der Waals surface area contributed by atoms with Crippen LogP contribution in [0.2, 0.25) is 0 Å². The summed E-state index contributed by atoms with van der Waals surface area (Å²) in [5, 5.41) is 0. The molecule has 0 radical (unpaired) electrons. The van der Waals surface area contributed by atoms with Crippen molar-refractivity contribution in [2.45, 2.75) is 69.6 Å². The highest BCUT2D eigenvalue weighted by Crippen LogP contribution is 2.38. The fraction of sp³-hybridized carbons (Fsp3) is 0.429. The van der Waals surface area contributed by atoms with Gasteiger partial charge in [-0.25, -0.2) is 9.59 Å². The van der Waals surface area contributed by atoms with Crippen molar-refractivity contribution in [2.75, 3.05) is 26.7 Å². The van der Waals surface area contributed by atoms with Crippen molar-refractivity contribution in [3.8, 4) is 11.5 Å². The predicted molar refractivity (Wildman–Crippen MR) is 163 cm³/mol. The van der Waals surface area contributed by atoms with Gasteiger partial charge in [-0.1, -0.05) is 61.7 Å². The Morgan fingerprint density at radius 2 is 1.43 bits per heavy atom. The minimum absolute atomic E-state index is 0.140. The Bertz CT molecular complexity index is 1330. The number of likely N-dealkylation sites (tertiary alicyclic amines) is 1. The Hall–Kier alpha value is -3.84. The van der Waals surface area contributed by atoms with Crippen LogP contribution in [-0.4, -0.2) is 65.5 Å². The highest BCUT2D eigenvalue weighted by atomic mass is 16.5. The molecule has 0 aromatic heterocycles. The summed E-state index contributed by atoms with van der Waals surface area (Å²) in [5.74, 6) is 1.06. The van der Waals surface area contributed by atoms with Crippen molar-refractivity contribution < 1.29 is 19.1 Å². The van der Waals surface area contributed by atoms with Crippen LogP contribution in [0.15, 0.2) is 78.9 Å². The number of amides is 2. The summed E-state index contributed by atoms with van der Waals surface area (Å²) in [6.07, 6.45) is 8.05. The SMILES string of the molecule is COC(=O)c1ccc(Oc2ccc(CN3CCC(N4C(=O)N(C5CCCCC5)C[C@H]4c4ccccc4)CC3)cc2)cc1. The van der Waals surface area contributed by atoms with E-state index < -0.39 is 0 Å². The first-order valence-electron chi connectivity index (χ1n) is 15.4. The number of nitrogens with zero attached hydrogens (tertiary/aromatic N) is 3. The molecule has 3 fully saturated rings. The van der Waals surface area contributed by atoms with Gasteiger partial charge in [0.15, 0.2) is 0 Å². The summed E-state index contributed by atoms with van der Waals surface area (Å²) in [6.45, 7) is 3.65. The molecule has 7 nitrogen and oxygen atoms in total. The topological polar surface area (TPSA) is 62.3 Å². The third-order valence-electron chi connectivity index (χ3n) is 9.16. The van der Waals surface area contributed by atoms with E-state index in [-0.39, 0.29) is 24.1 Å². The van der Waals surface area contributed by atoms with Crippen LogP contribution in [0.1, 0.15) is 72.5 Å². The van der Waals surface area contributed by atoms with Crippen LogP contribution in [0.3, 0.4) is 0 Å². The molecule has 0 spiro atoms. The maximum atomic E-state index is 13.9. The monoisotopic (exact) mass is 567 g/mol. The number of ether oxygens (including phenoxy) is 2. The van der Waals surface area contributed by atoms with Crippen molar-refractivity contribution in [3.05, 3.63) is 95.6 Å². The molecular weight excluding hydrogens is 526 g/mol. The maximum Gasteiger partial charge on any atom is 0.337 e. The average Bonchev–Trinajstić information content (AvgIpc) is 3.40. The summed E-state index contributed by atoms with van der Waals surface area (Å²) >= 11 is 0. The van der Waals surface area contributed by atoms with Gasteiger partial charge in [-0.3, -0.25) is 4.90 Å². The lowest BCUT2D eigenvalue weighted by Crippen LogP contribution is -2.48. The van der Waals surface area contributed by atoms with E-state index in [9.17, 15) is 9.59 Å². The number of piperidine rings is 1. The van der Waals surface area contributed by atoms with E-state index in [2.05, 4.69) is 57.2 Å². The number of benzene rings is 3. The van der Waals surface area contributed by atoms with Gasteiger partial charge in [-0.05, 0) is 73.2 Å². The zero-order chi connectivity index (χ0) is 28.9. The highest BCUT2D eigenvalue weighted by Gasteiger charge is 2.45. The van der Waals surface area contributed by atoms with E-state index in [4.69, 9.17) is 9.47 Å². The Labute approximate surface area is 249 Å². The van der Waals surface area contributed by atoms with Crippen LogP contribution in [0.4, 0.5) is 4.79 Å². The zero-order valence-electron chi connectivity index (χ0n) is 24.5. The molecule has 3 aromatic rings. The summed E-state index contributed by atoms with van der Waals surface area (Å²) in [7, 11) is 1.37. The van der Waals surface area contributed by atoms with Gasteiger partial charge in [0.25, 0.3) is 0 Å². The lowest BCUT2D eigenvalue weighted by Gasteiger charge is -2.39. The molecule has 3 aliphatic rings. The molecule has 6 rings (SSSR count).